The fraction of sp³-hybridized carbons (Fsp3) is 1.00. The van der Waals surface area contributed by atoms with Gasteiger partial charge in [0.1, 0.15) is 0 Å². The van der Waals surface area contributed by atoms with E-state index in [4.69, 9.17) is 9.47 Å². The second kappa shape index (κ2) is 10.4. The Kier molecular flexibility index (Phi) is 10.3. The van der Waals surface area contributed by atoms with Crippen LogP contribution in [0.3, 0.4) is 0 Å². The lowest BCUT2D eigenvalue weighted by Crippen LogP contribution is -2.29. The predicted molar refractivity (Wildman–Crippen MR) is 64.2 cm³/mol. The molecule has 3 nitrogen and oxygen atoms in total. The average molecular weight is 217 g/mol. The SMILES string of the molecule is CCCOCCOCC(C)CNC(C)C. The Morgan fingerprint density at radius 3 is 2.27 bits per heavy atom. The Bertz CT molecular complexity index is 129. The lowest BCUT2D eigenvalue weighted by atomic mass is 10.2. The summed E-state index contributed by atoms with van der Waals surface area (Å²) in [5.74, 6) is 0.568. The van der Waals surface area contributed by atoms with Gasteiger partial charge in [-0.1, -0.05) is 27.7 Å². The van der Waals surface area contributed by atoms with Crippen LogP contribution in [0.15, 0.2) is 0 Å². The Balaban J connectivity index is 3.13. The number of hydrogen-bond donors (Lipinski definition) is 1. The first-order valence-electron chi connectivity index (χ1n) is 6.05. The van der Waals surface area contributed by atoms with Crippen LogP contribution >= 0.6 is 0 Å². The number of ether oxygens (including phenoxy) is 2. The summed E-state index contributed by atoms with van der Waals surface area (Å²) in [4.78, 5) is 0. The molecule has 15 heavy (non-hydrogen) atoms. The van der Waals surface area contributed by atoms with Gasteiger partial charge < -0.3 is 14.8 Å². The molecule has 0 bridgehead atoms. The van der Waals surface area contributed by atoms with Gasteiger partial charge in [0.15, 0.2) is 0 Å². The van der Waals surface area contributed by atoms with E-state index >= 15 is 0 Å². The van der Waals surface area contributed by atoms with Crippen molar-refractivity contribution in [3.05, 3.63) is 0 Å². The molecule has 0 saturated heterocycles. The van der Waals surface area contributed by atoms with Gasteiger partial charge >= 0.3 is 0 Å². The molecule has 0 spiro atoms. The summed E-state index contributed by atoms with van der Waals surface area (Å²) < 4.78 is 10.8. The van der Waals surface area contributed by atoms with Crippen LogP contribution in [0.5, 0.6) is 0 Å². The quantitative estimate of drug-likeness (QED) is 0.568. The third-order valence-electron chi connectivity index (χ3n) is 2.00. The molecule has 0 aromatic rings. The fourth-order valence-electron chi connectivity index (χ4n) is 1.14. The molecule has 0 aliphatic carbocycles. The van der Waals surface area contributed by atoms with Crippen LogP contribution < -0.4 is 5.32 Å². The van der Waals surface area contributed by atoms with E-state index in [1.165, 1.54) is 0 Å². The first-order valence-corrected chi connectivity index (χ1v) is 6.05. The van der Waals surface area contributed by atoms with Crippen LogP contribution in [0.4, 0.5) is 0 Å². The molecular weight excluding hydrogens is 190 g/mol. The van der Waals surface area contributed by atoms with Crippen molar-refractivity contribution in [2.75, 3.05) is 33.0 Å². The molecule has 3 heteroatoms. The van der Waals surface area contributed by atoms with E-state index in [0.29, 0.717) is 18.6 Å². The van der Waals surface area contributed by atoms with Crippen molar-refractivity contribution >= 4 is 0 Å². The Hall–Kier alpha value is -0.120. The van der Waals surface area contributed by atoms with Crippen LogP contribution in [-0.4, -0.2) is 39.0 Å². The van der Waals surface area contributed by atoms with Crippen molar-refractivity contribution in [3.8, 4) is 0 Å². The molecule has 1 atom stereocenters. The van der Waals surface area contributed by atoms with E-state index in [1.54, 1.807) is 0 Å². The van der Waals surface area contributed by atoms with Crippen LogP contribution in [0.25, 0.3) is 0 Å². The highest BCUT2D eigenvalue weighted by molar-refractivity contribution is 4.58. The Morgan fingerprint density at radius 1 is 1.00 bits per heavy atom. The summed E-state index contributed by atoms with van der Waals surface area (Å²) in [6.45, 7) is 12.7. The van der Waals surface area contributed by atoms with E-state index in [9.17, 15) is 0 Å². The average Bonchev–Trinajstić information content (AvgIpc) is 2.20. The summed E-state index contributed by atoms with van der Waals surface area (Å²) in [7, 11) is 0. The van der Waals surface area contributed by atoms with Crippen LogP contribution in [0, 0.1) is 5.92 Å². The van der Waals surface area contributed by atoms with Gasteiger partial charge in [0.05, 0.1) is 19.8 Å². The first kappa shape index (κ1) is 14.9. The lowest BCUT2D eigenvalue weighted by Gasteiger charge is -2.15. The third kappa shape index (κ3) is 11.8. The van der Waals surface area contributed by atoms with Gasteiger partial charge in [-0.3, -0.25) is 0 Å². The highest BCUT2D eigenvalue weighted by Gasteiger charge is 2.02. The molecule has 0 heterocycles. The van der Waals surface area contributed by atoms with Crippen LogP contribution in [0.1, 0.15) is 34.1 Å². The molecule has 0 amide bonds. The maximum absolute atomic E-state index is 5.51. The molecular formula is C12H27NO2. The fourth-order valence-corrected chi connectivity index (χ4v) is 1.14. The zero-order valence-electron chi connectivity index (χ0n) is 10.7. The lowest BCUT2D eigenvalue weighted by molar-refractivity contribution is 0.0357. The predicted octanol–water partition coefficient (Wildman–Crippen LogP) is 2.06. The van der Waals surface area contributed by atoms with Gasteiger partial charge in [-0.05, 0) is 12.3 Å². The number of rotatable bonds is 10. The van der Waals surface area contributed by atoms with Crippen molar-refractivity contribution in [1.82, 2.24) is 5.32 Å². The summed E-state index contributed by atoms with van der Waals surface area (Å²) in [6.07, 6.45) is 1.08. The molecule has 0 aromatic heterocycles. The van der Waals surface area contributed by atoms with Crippen molar-refractivity contribution in [2.24, 2.45) is 5.92 Å². The summed E-state index contributed by atoms with van der Waals surface area (Å²) in [6, 6.07) is 0.556. The van der Waals surface area contributed by atoms with E-state index in [2.05, 4.69) is 33.0 Å². The zero-order chi connectivity index (χ0) is 11.5. The van der Waals surface area contributed by atoms with Crippen molar-refractivity contribution in [3.63, 3.8) is 0 Å². The number of nitrogens with one attached hydrogen (secondary N) is 1. The van der Waals surface area contributed by atoms with Crippen LogP contribution in [-0.2, 0) is 9.47 Å². The molecule has 1 N–H and O–H groups in total. The van der Waals surface area contributed by atoms with Crippen LogP contribution in [0.2, 0.25) is 0 Å². The van der Waals surface area contributed by atoms with E-state index in [-0.39, 0.29) is 0 Å². The second-order valence-electron chi connectivity index (χ2n) is 4.36. The largest absolute Gasteiger partial charge is 0.379 e. The minimum Gasteiger partial charge on any atom is -0.379 e. The molecule has 1 unspecified atom stereocenters. The topological polar surface area (TPSA) is 30.5 Å². The summed E-state index contributed by atoms with van der Waals surface area (Å²) >= 11 is 0. The van der Waals surface area contributed by atoms with Gasteiger partial charge in [-0.2, -0.15) is 0 Å². The molecule has 0 rings (SSSR count). The molecule has 92 valence electrons. The molecule has 0 radical (unpaired) electrons. The Morgan fingerprint density at radius 2 is 1.67 bits per heavy atom. The first-order chi connectivity index (χ1) is 7.16. The molecule has 0 aliphatic heterocycles. The monoisotopic (exact) mass is 217 g/mol. The van der Waals surface area contributed by atoms with Crippen molar-refractivity contribution in [2.45, 2.75) is 40.2 Å². The highest BCUT2D eigenvalue weighted by Crippen LogP contribution is 1.95. The van der Waals surface area contributed by atoms with E-state index in [1.807, 2.05) is 0 Å². The van der Waals surface area contributed by atoms with Gasteiger partial charge in [-0.25, -0.2) is 0 Å². The van der Waals surface area contributed by atoms with Crippen molar-refractivity contribution in [1.29, 1.82) is 0 Å². The molecule has 0 fully saturated rings. The standard InChI is InChI=1S/C12H27NO2/c1-5-6-14-7-8-15-10-12(4)9-13-11(2)3/h11-13H,5-10H2,1-4H3. The normalized spacial score (nSPS) is 13.4. The van der Waals surface area contributed by atoms with Gasteiger partial charge in [0, 0.05) is 19.2 Å². The second-order valence-corrected chi connectivity index (χ2v) is 4.36. The zero-order valence-corrected chi connectivity index (χ0v) is 10.7. The van der Waals surface area contributed by atoms with Gasteiger partial charge in [0.2, 0.25) is 0 Å². The molecule has 0 aromatic carbocycles. The third-order valence-corrected chi connectivity index (χ3v) is 2.00. The maximum Gasteiger partial charge on any atom is 0.0700 e. The molecule has 0 saturated carbocycles. The Labute approximate surface area is 94.5 Å². The van der Waals surface area contributed by atoms with Crippen molar-refractivity contribution < 1.29 is 9.47 Å². The highest BCUT2D eigenvalue weighted by atomic mass is 16.5. The summed E-state index contributed by atoms with van der Waals surface area (Å²) in [5, 5.41) is 3.40. The van der Waals surface area contributed by atoms with Gasteiger partial charge in [0.25, 0.3) is 0 Å². The maximum atomic E-state index is 5.51. The number of hydrogen-bond acceptors (Lipinski definition) is 3. The smallest absolute Gasteiger partial charge is 0.0700 e. The summed E-state index contributed by atoms with van der Waals surface area (Å²) in [5.41, 5.74) is 0. The molecule has 0 aliphatic rings. The van der Waals surface area contributed by atoms with E-state index in [0.717, 1.165) is 32.8 Å². The van der Waals surface area contributed by atoms with E-state index < -0.39 is 0 Å². The minimum absolute atomic E-state index is 0.556. The minimum atomic E-state index is 0.556. The van der Waals surface area contributed by atoms with Gasteiger partial charge in [-0.15, -0.1) is 0 Å².